The minimum absolute atomic E-state index is 0.000340. The molecule has 9 saturated heterocycles. The van der Waals surface area contributed by atoms with Gasteiger partial charge in [0.1, 0.15) is 36.9 Å². The van der Waals surface area contributed by atoms with E-state index in [0.717, 1.165) is 36.8 Å². The summed E-state index contributed by atoms with van der Waals surface area (Å²) in [4.78, 5) is 82.8. The summed E-state index contributed by atoms with van der Waals surface area (Å²) < 4.78 is 100. The SMILES string of the molecule is C=C1C[C@@H]2CC[C@]34C[C@@H](O)[C@H](O3)[C@H]3C[C@@H](O4)[C@H]4O[C@H](CC[C@@H]4O3)CC(=O)C[C@@H]3[C@@H](OC)[C@@H](C[C@H](O)CNC(=O)OCc4ccc(N(CCOCCOCCOCCn5cc(COCCOCCOCCC(=O)ON6C(=O)CCC6=O)nn5)C(=O)OCC(C)(C)SSC)cc4)O[C@H]3C[C@H]3O[C@@H](CC[C@@H]1O2)C[C@@H](C)C3=C. The standard InChI is InChI=1S/C76H112N6O25S2/c1-47-34-55-12-14-60-48(2)35-57(100-60)18-20-76-41-59(85)71(106-76)65-40-66(105-76)72-61(103-65)15-13-56(102-72)36-53(83)37-58-63(39-62(101-55)49(47)3)104-64(70(58)91-6)38-54(84)42-77-73(89)98-44-50-8-10-52(11-9-50)81(74(90)99-46-75(4,5)109-108-7)22-25-94-28-31-95-30-27-93-24-21-80-43-51(78-79-80)45-97-33-32-96-29-26-92-23-19-69(88)107-82-67(86)16-17-68(82)87/h8-11,43,47,54-66,70-72,84-85H,2-3,12-42,44-46H2,1,4-7H3,(H,77,89)/t47-,54+,55+,56-,57+,58+,59-,60+,61+,62-,63+,64-,65-,66-,70-,71+,72+,76-/m1/s1. The van der Waals surface area contributed by atoms with Crippen molar-refractivity contribution in [3.05, 3.63) is 66.0 Å². The molecule has 9 aliphatic heterocycles. The van der Waals surface area contributed by atoms with Crippen molar-refractivity contribution in [2.24, 2.45) is 11.8 Å². The van der Waals surface area contributed by atoms with Crippen molar-refractivity contribution >= 4 is 63.0 Å². The first-order chi connectivity index (χ1) is 52.6. The molecule has 18 atom stereocenters. The number of methoxy groups -OCH3 is 1. The number of Topliss-reactive ketones (excluding diaryl/α,β-unsaturated/α-hetero) is 1. The third-order valence-corrected chi connectivity index (χ3v) is 24.0. The lowest BCUT2D eigenvalue weighted by Gasteiger charge is -2.47. The number of fused-ring (bicyclic) bond motifs is 9. The fourth-order valence-corrected chi connectivity index (χ4v) is 17.9. The number of amides is 4. The summed E-state index contributed by atoms with van der Waals surface area (Å²) in [5.74, 6) is -3.07. The molecule has 608 valence electrons. The molecule has 2 aromatic rings. The van der Waals surface area contributed by atoms with Gasteiger partial charge in [-0.25, -0.2) is 19.1 Å². The van der Waals surface area contributed by atoms with E-state index >= 15 is 0 Å². The molecule has 0 unspecified atom stereocenters. The fraction of sp³-hybridized carbons (Fsp3) is 0.763. The number of anilines is 1. The average Bonchev–Trinajstić information content (AvgIpc) is 1.61. The molecule has 109 heavy (non-hydrogen) atoms. The van der Waals surface area contributed by atoms with Gasteiger partial charge in [-0.15, -0.1) is 10.2 Å². The zero-order chi connectivity index (χ0) is 77.0. The number of aromatic nitrogens is 3. The molecule has 10 bridgehead atoms. The van der Waals surface area contributed by atoms with Crippen molar-refractivity contribution in [3.8, 4) is 0 Å². The Balaban J connectivity index is 0.592. The van der Waals surface area contributed by atoms with Crippen molar-refractivity contribution < 1.29 is 120 Å². The summed E-state index contributed by atoms with van der Waals surface area (Å²) in [6.45, 7) is 18.9. The van der Waals surface area contributed by atoms with Crippen LogP contribution in [0.15, 0.2) is 54.8 Å². The molecule has 11 rings (SSSR count). The fourth-order valence-electron chi connectivity index (χ4n) is 15.8. The molecule has 9 aliphatic rings. The summed E-state index contributed by atoms with van der Waals surface area (Å²) in [6, 6.07) is 6.99. The van der Waals surface area contributed by atoms with Crippen LogP contribution in [0.5, 0.6) is 0 Å². The topological polar surface area (TPSA) is 349 Å². The zero-order valence-corrected chi connectivity index (χ0v) is 65.1. The number of nitrogens with zero attached hydrogens (tertiary/aromatic N) is 5. The normalized spacial score (nSPS) is 30.9. The second kappa shape index (κ2) is 41.1. The van der Waals surface area contributed by atoms with Gasteiger partial charge >= 0.3 is 18.2 Å². The minimum Gasteiger partial charge on any atom is -0.448 e. The number of carbonyl (C=O) groups is 6. The van der Waals surface area contributed by atoms with Gasteiger partial charge in [0.05, 0.1) is 189 Å². The van der Waals surface area contributed by atoms with E-state index in [-0.39, 0.29) is 170 Å². The molecular weight excluding hydrogens is 1460 g/mol. The third kappa shape index (κ3) is 24.4. The molecule has 1 aromatic carbocycles. The highest BCUT2D eigenvalue weighted by atomic mass is 33.1. The van der Waals surface area contributed by atoms with Crippen LogP contribution in [-0.4, -0.2) is 274 Å². The van der Waals surface area contributed by atoms with Crippen LogP contribution in [0, 0.1) is 11.8 Å². The molecule has 1 aromatic heterocycles. The van der Waals surface area contributed by atoms with E-state index in [1.165, 1.54) is 4.90 Å². The number of aliphatic hydroxyl groups excluding tert-OH is 2. The number of ketones is 1. The van der Waals surface area contributed by atoms with Crippen molar-refractivity contribution in [1.82, 2.24) is 25.4 Å². The van der Waals surface area contributed by atoms with Crippen molar-refractivity contribution in [2.75, 3.05) is 111 Å². The van der Waals surface area contributed by atoms with Gasteiger partial charge in [0.15, 0.2) is 5.79 Å². The number of hydrogen-bond donors (Lipinski definition) is 3. The number of imide groups is 1. The van der Waals surface area contributed by atoms with E-state index in [4.69, 9.17) is 80.6 Å². The predicted octanol–water partition coefficient (Wildman–Crippen LogP) is 7.01. The number of hydroxylamine groups is 2. The maximum Gasteiger partial charge on any atom is 0.414 e. The zero-order valence-electron chi connectivity index (χ0n) is 63.5. The second-order valence-electron chi connectivity index (χ2n) is 30.2. The van der Waals surface area contributed by atoms with E-state index in [2.05, 4.69) is 35.7 Å². The number of alkyl carbamates (subject to hydrolysis) is 1. The van der Waals surface area contributed by atoms with Gasteiger partial charge in [-0.2, -0.15) is 0 Å². The summed E-state index contributed by atoms with van der Waals surface area (Å²) in [5.41, 5.74) is 3.85. The van der Waals surface area contributed by atoms with Crippen LogP contribution >= 0.6 is 21.6 Å². The largest absolute Gasteiger partial charge is 0.448 e. The van der Waals surface area contributed by atoms with Crippen LogP contribution in [0.4, 0.5) is 15.3 Å². The molecule has 31 nitrogen and oxygen atoms in total. The van der Waals surface area contributed by atoms with Crippen molar-refractivity contribution in [1.29, 1.82) is 0 Å². The van der Waals surface area contributed by atoms with E-state index in [1.807, 2.05) is 20.1 Å². The third-order valence-electron chi connectivity index (χ3n) is 21.4. The highest BCUT2D eigenvalue weighted by Crippen LogP contribution is 2.50. The Bertz CT molecular complexity index is 3300. The van der Waals surface area contributed by atoms with Crippen molar-refractivity contribution in [3.63, 3.8) is 0 Å². The highest BCUT2D eigenvalue weighted by Gasteiger charge is 2.60. The molecule has 1 spiro atoms. The number of benzene rings is 1. The molecular formula is C76H112N6O25S2. The lowest BCUT2D eigenvalue weighted by molar-refractivity contribution is -0.277. The summed E-state index contributed by atoms with van der Waals surface area (Å²) in [5, 5.41) is 34.4. The summed E-state index contributed by atoms with van der Waals surface area (Å²) >= 11 is 0. The first-order valence-corrected chi connectivity index (χ1v) is 41.1. The molecule has 3 N–H and O–H groups in total. The average molecular weight is 1570 g/mol. The maximum atomic E-state index is 14.5. The van der Waals surface area contributed by atoms with Gasteiger partial charge in [-0.3, -0.25) is 19.3 Å². The second-order valence-corrected chi connectivity index (χ2v) is 33.3. The van der Waals surface area contributed by atoms with Crippen LogP contribution in [-0.2, 0) is 120 Å². The molecule has 0 saturated carbocycles. The minimum atomic E-state index is -1.08. The first-order valence-electron chi connectivity index (χ1n) is 38.6. The van der Waals surface area contributed by atoms with Gasteiger partial charge in [0.2, 0.25) is 0 Å². The van der Waals surface area contributed by atoms with Crippen molar-refractivity contribution in [2.45, 2.75) is 252 Å². The Morgan fingerprint density at radius 1 is 0.743 bits per heavy atom. The Hall–Kier alpha value is -5.28. The maximum absolute atomic E-state index is 14.5. The van der Waals surface area contributed by atoms with Crippen LogP contribution in [0.1, 0.15) is 141 Å². The summed E-state index contributed by atoms with van der Waals surface area (Å²) in [6.07, 6.45) is 3.09. The number of ether oxygens (including phenoxy) is 16. The van der Waals surface area contributed by atoms with Crippen LogP contribution in [0.2, 0.25) is 0 Å². The van der Waals surface area contributed by atoms with E-state index in [9.17, 15) is 39.0 Å². The van der Waals surface area contributed by atoms with Gasteiger partial charge in [0, 0.05) is 83.0 Å². The Labute approximate surface area is 645 Å². The van der Waals surface area contributed by atoms with E-state index in [0.29, 0.717) is 113 Å². The molecule has 0 radical (unpaired) electrons. The number of aliphatic hydroxyl groups is 2. The molecule has 9 fully saturated rings. The number of rotatable bonds is 36. The molecule has 4 amide bonds. The Morgan fingerprint density at radius 3 is 2.18 bits per heavy atom. The quantitative estimate of drug-likeness (QED) is 0.0267. The molecule has 0 aliphatic carbocycles. The molecule has 10 heterocycles. The number of hydrogen-bond acceptors (Lipinski definition) is 29. The van der Waals surface area contributed by atoms with Crippen LogP contribution < -0.4 is 10.2 Å². The van der Waals surface area contributed by atoms with Crippen LogP contribution in [0.3, 0.4) is 0 Å². The van der Waals surface area contributed by atoms with Gasteiger partial charge in [0.25, 0.3) is 11.8 Å². The smallest absolute Gasteiger partial charge is 0.414 e. The Morgan fingerprint density at radius 2 is 1.44 bits per heavy atom. The predicted molar refractivity (Wildman–Crippen MR) is 393 cm³/mol. The first kappa shape index (κ1) is 84.6. The monoisotopic (exact) mass is 1570 g/mol. The van der Waals surface area contributed by atoms with Gasteiger partial charge in [-0.05, 0) is 99.8 Å². The van der Waals surface area contributed by atoms with E-state index in [1.54, 1.807) is 63.8 Å². The van der Waals surface area contributed by atoms with Gasteiger partial charge in [-0.1, -0.05) is 59.0 Å². The lowest BCUT2D eigenvalue weighted by atomic mass is 9.81. The Kier molecular flexibility index (Phi) is 31.9. The highest BCUT2D eigenvalue weighted by molar-refractivity contribution is 8.77. The number of nitrogens with one attached hydrogen (secondary N) is 1. The molecule has 33 heteroatoms. The van der Waals surface area contributed by atoms with E-state index < -0.39 is 84.4 Å². The lowest BCUT2D eigenvalue weighted by Crippen LogP contribution is -2.58. The summed E-state index contributed by atoms with van der Waals surface area (Å²) in [7, 11) is 4.79. The van der Waals surface area contributed by atoms with Gasteiger partial charge < -0.3 is 96.2 Å². The van der Waals surface area contributed by atoms with Crippen LogP contribution in [0.25, 0.3) is 0 Å². The number of carbonyl (C=O) groups excluding carboxylic acids is 6.